The Balaban J connectivity index is 1.40. The van der Waals surface area contributed by atoms with Crippen molar-refractivity contribution in [2.75, 3.05) is 13.7 Å². The van der Waals surface area contributed by atoms with Crippen LogP contribution in [-0.2, 0) is 18.3 Å². The van der Waals surface area contributed by atoms with Crippen molar-refractivity contribution in [3.8, 4) is 16.9 Å². The Morgan fingerprint density at radius 2 is 1.93 bits per heavy atom. The van der Waals surface area contributed by atoms with E-state index < -0.39 is 35.1 Å². The van der Waals surface area contributed by atoms with Crippen molar-refractivity contribution in [2.24, 2.45) is 0 Å². The number of carbonyl (C=O) groups is 2. The quantitative estimate of drug-likeness (QED) is 0.178. The second-order valence-corrected chi connectivity index (χ2v) is 9.94. The minimum atomic E-state index is -4.69. The van der Waals surface area contributed by atoms with Crippen molar-refractivity contribution in [1.29, 1.82) is 0 Å². The molecular formula is C30H26F4N4O4. The predicted molar refractivity (Wildman–Crippen MR) is 144 cm³/mol. The molecule has 42 heavy (non-hydrogen) atoms. The van der Waals surface area contributed by atoms with Gasteiger partial charge in [-0.15, -0.1) is 0 Å². The fraction of sp³-hybridized carbons (Fsp3) is 0.233. The lowest BCUT2D eigenvalue weighted by atomic mass is 9.80. The molecule has 1 aliphatic heterocycles. The second-order valence-electron chi connectivity index (χ2n) is 9.94. The molecule has 4 aromatic rings. The standard InChI is InChI=1S/C30H26F4N4O4/c1-42-26-10-17(6-8-24(26)20-14-37-38-15-20)27(40)29(12-23(39)16-36-29)21-4-2-3-18(9-21)28(41)35-13-19-5-7-22(11-25(19)31)30(32,33)34/h2-11,14-15,23,36,39H,12-13,16H2,1H3,(H,35,41)(H,37,38)/t23?,29-/m1/s1. The van der Waals surface area contributed by atoms with Crippen LogP contribution in [0.1, 0.15) is 43.8 Å². The molecule has 0 spiro atoms. The molecule has 1 unspecified atom stereocenters. The third-order valence-corrected chi connectivity index (χ3v) is 7.28. The van der Waals surface area contributed by atoms with E-state index in [2.05, 4.69) is 20.8 Å². The molecule has 2 heterocycles. The number of aliphatic hydroxyl groups excluding tert-OH is 1. The summed E-state index contributed by atoms with van der Waals surface area (Å²) in [5, 5.41) is 22.8. The molecule has 1 fully saturated rings. The number of benzene rings is 3. The number of methoxy groups -OCH3 is 1. The van der Waals surface area contributed by atoms with Crippen LogP contribution in [-0.4, -0.2) is 46.8 Å². The largest absolute Gasteiger partial charge is 0.496 e. The fourth-order valence-electron chi connectivity index (χ4n) is 5.10. The first-order valence-electron chi connectivity index (χ1n) is 12.9. The molecule has 0 aliphatic carbocycles. The summed E-state index contributed by atoms with van der Waals surface area (Å²) in [6.07, 6.45) is -2.16. The van der Waals surface area contributed by atoms with E-state index in [-0.39, 0.29) is 36.4 Å². The van der Waals surface area contributed by atoms with Crippen molar-refractivity contribution in [3.05, 3.63) is 107 Å². The average Bonchev–Trinajstić information content (AvgIpc) is 3.66. The molecule has 1 aromatic heterocycles. The molecular weight excluding hydrogens is 556 g/mol. The minimum absolute atomic E-state index is 0.0411. The lowest BCUT2D eigenvalue weighted by molar-refractivity contribution is -0.137. The second kappa shape index (κ2) is 11.4. The number of nitrogens with zero attached hydrogens (tertiary/aromatic N) is 1. The normalized spacial score (nSPS) is 18.6. The molecule has 1 aliphatic rings. The number of aromatic amines is 1. The monoisotopic (exact) mass is 582 g/mol. The molecule has 1 saturated heterocycles. The van der Waals surface area contributed by atoms with Gasteiger partial charge in [-0.3, -0.25) is 20.0 Å². The number of alkyl halides is 3. The molecule has 1 amide bonds. The van der Waals surface area contributed by atoms with Crippen molar-refractivity contribution >= 4 is 11.7 Å². The van der Waals surface area contributed by atoms with Crippen LogP contribution in [0, 0.1) is 5.82 Å². The zero-order valence-electron chi connectivity index (χ0n) is 22.3. The molecule has 4 N–H and O–H groups in total. The van der Waals surface area contributed by atoms with Crippen LogP contribution in [0.25, 0.3) is 11.1 Å². The first-order chi connectivity index (χ1) is 20.0. The first-order valence-corrected chi connectivity index (χ1v) is 12.9. The van der Waals surface area contributed by atoms with Gasteiger partial charge in [-0.1, -0.05) is 24.3 Å². The number of hydrogen-bond acceptors (Lipinski definition) is 6. The van der Waals surface area contributed by atoms with Crippen LogP contribution in [0.15, 0.2) is 73.1 Å². The predicted octanol–water partition coefficient (Wildman–Crippen LogP) is 4.61. The van der Waals surface area contributed by atoms with Gasteiger partial charge in [0.2, 0.25) is 0 Å². The molecule has 12 heteroatoms. The molecule has 218 valence electrons. The number of ether oxygens (including phenoxy) is 1. The highest BCUT2D eigenvalue weighted by atomic mass is 19.4. The van der Waals surface area contributed by atoms with E-state index in [4.69, 9.17) is 4.74 Å². The summed E-state index contributed by atoms with van der Waals surface area (Å²) >= 11 is 0. The molecule has 0 saturated carbocycles. The number of aromatic nitrogens is 2. The minimum Gasteiger partial charge on any atom is -0.496 e. The van der Waals surface area contributed by atoms with Crippen LogP contribution in [0.3, 0.4) is 0 Å². The van der Waals surface area contributed by atoms with Crippen molar-refractivity contribution in [2.45, 2.75) is 30.8 Å². The number of aliphatic hydroxyl groups is 1. The van der Waals surface area contributed by atoms with Crippen LogP contribution in [0.2, 0.25) is 0 Å². The molecule has 5 rings (SSSR count). The average molecular weight is 583 g/mol. The van der Waals surface area contributed by atoms with E-state index in [0.29, 0.717) is 22.9 Å². The topological polar surface area (TPSA) is 116 Å². The van der Waals surface area contributed by atoms with Crippen molar-refractivity contribution in [1.82, 2.24) is 20.8 Å². The zero-order chi connectivity index (χ0) is 30.1. The number of ketones is 1. The van der Waals surface area contributed by atoms with Gasteiger partial charge in [-0.2, -0.15) is 18.3 Å². The lowest BCUT2D eigenvalue weighted by Gasteiger charge is -2.29. The number of nitrogens with one attached hydrogen (secondary N) is 3. The van der Waals surface area contributed by atoms with E-state index in [1.54, 1.807) is 42.7 Å². The third-order valence-electron chi connectivity index (χ3n) is 7.28. The summed E-state index contributed by atoms with van der Waals surface area (Å²) in [5.74, 6) is -1.62. The van der Waals surface area contributed by atoms with E-state index >= 15 is 0 Å². The summed E-state index contributed by atoms with van der Waals surface area (Å²) in [6.45, 7) is -0.212. The maximum absolute atomic E-state index is 14.3. The third kappa shape index (κ3) is 5.63. The summed E-state index contributed by atoms with van der Waals surface area (Å²) < 4.78 is 58.3. The number of carbonyl (C=O) groups excluding carboxylic acids is 2. The van der Waals surface area contributed by atoms with E-state index in [1.165, 1.54) is 19.2 Å². The van der Waals surface area contributed by atoms with Gasteiger partial charge in [0.25, 0.3) is 5.91 Å². The Kier molecular flexibility index (Phi) is 7.85. The SMILES string of the molecule is COc1cc(C(=O)[C@]2(c3cccc(C(=O)NCc4ccc(C(F)(F)F)cc4F)c3)CC(O)CN2)ccc1-c1cn[nH]c1. The van der Waals surface area contributed by atoms with Crippen molar-refractivity contribution < 1.29 is 37.0 Å². The number of amides is 1. The Bertz CT molecular complexity index is 1620. The Labute approximate surface area is 237 Å². The highest BCUT2D eigenvalue weighted by Crippen LogP contribution is 2.38. The van der Waals surface area contributed by atoms with E-state index in [0.717, 1.165) is 23.3 Å². The first kappa shape index (κ1) is 29.0. The number of halogens is 4. The molecule has 0 radical (unpaired) electrons. The lowest BCUT2D eigenvalue weighted by Crippen LogP contribution is -2.45. The summed E-state index contributed by atoms with van der Waals surface area (Å²) in [6, 6.07) is 13.3. The number of H-pyrrole nitrogens is 1. The summed E-state index contributed by atoms with van der Waals surface area (Å²) in [7, 11) is 1.49. The molecule has 0 bridgehead atoms. The maximum Gasteiger partial charge on any atom is 0.416 e. The number of β-amino-alcohol motifs (C(OH)–C–C–N with tert-alkyl or cyclic N) is 1. The smallest absolute Gasteiger partial charge is 0.416 e. The van der Waals surface area contributed by atoms with Gasteiger partial charge < -0.3 is 15.2 Å². The number of hydrogen-bond donors (Lipinski definition) is 4. The van der Waals surface area contributed by atoms with Gasteiger partial charge in [0.15, 0.2) is 5.78 Å². The van der Waals surface area contributed by atoms with Gasteiger partial charge in [0.1, 0.15) is 17.1 Å². The van der Waals surface area contributed by atoms with Crippen LogP contribution in [0.5, 0.6) is 5.75 Å². The van der Waals surface area contributed by atoms with Gasteiger partial charge in [0.05, 0.1) is 25.0 Å². The van der Waals surface area contributed by atoms with Crippen molar-refractivity contribution in [3.63, 3.8) is 0 Å². The Hall–Kier alpha value is -4.55. The zero-order valence-corrected chi connectivity index (χ0v) is 22.3. The number of rotatable bonds is 8. The van der Waals surface area contributed by atoms with Gasteiger partial charge in [0, 0.05) is 53.5 Å². The summed E-state index contributed by atoms with van der Waals surface area (Å²) in [5.41, 5.74) is -0.238. The van der Waals surface area contributed by atoms with Crippen LogP contribution >= 0.6 is 0 Å². The fourth-order valence-corrected chi connectivity index (χ4v) is 5.10. The van der Waals surface area contributed by atoms with Gasteiger partial charge in [-0.05, 0) is 42.0 Å². The number of Topliss-reactive ketones (excluding diaryl/α,β-unsaturated/α-hetero) is 1. The molecule has 2 atom stereocenters. The van der Waals surface area contributed by atoms with E-state index in [9.17, 15) is 32.3 Å². The van der Waals surface area contributed by atoms with Gasteiger partial charge >= 0.3 is 6.18 Å². The molecule has 8 nitrogen and oxygen atoms in total. The highest BCUT2D eigenvalue weighted by Gasteiger charge is 2.46. The van der Waals surface area contributed by atoms with Crippen LogP contribution < -0.4 is 15.4 Å². The van der Waals surface area contributed by atoms with Gasteiger partial charge in [-0.25, -0.2) is 4.39 Å². The summed E-state index contributed by atoms with van der Waals surface area (Å²) in [4.78, 5) is 27.0. The highest BCUT2D eigenvalue weighted by molar-refractivity contribution is 6.05. The maximum atomic E-state index is 14.3. The van der Waals surface area contributed by atoms with E-state index in [1.807, 2.05) is 0 Å². The van der Waals surface area contributed by atoms with Crippen LogP contribution in [0.4, 0.5) is 17.6 Å². The Morgan fingerprint density at radius 3 is 2.57 bits per heavy atom. The Morgan fingerprint density at radius 1 is 1.12 bits per heavy atom. The molecule has 3 aromatic carbocycles.